The zero-order chi connectivity index (χ0) is 16.1. The minimum atomic E-state index is -0.590. The Morgan fingerprint density at radius 2 is 1.87 bits per heavy atom. The van der Waals surface area contributed by atoms with E-state index in [9.17, 15) is 4.79 Å². The van der Waals surface area contributed by atoms with Gasteiger partial charge in [0.05, 0.1) is 0 Å². The van der Waals surface area contributed by atoms with Crippen LogP contribution in [0.3, 0.4) is 0 Å². The molecule has 3 aromatic rings. The summed E-state index contributed by atoms with van der Waals surface area (Å²) in [5.74, 6) is 0.237. The number of nitrogens with zero attached hydrogens (tertiary/aromatic N) is 1. The number of carbonyl (C=O) groups excluding carboxylic acids is 1. The van der Waals surface area contributed by atoms with E-state index in [1.54, 1.807) is 6.07 Å². The Morgan fingerprint density at radius 3 is 2.61 bits per heavy atom. The summed E-state index contributed by atoms with van der Waals surface area (Å²) in [7, 11) is 0. The Labute approximate surface area is 141 Å². The predicted octanol–water partition coefficient (Wildman–Crippen LogP) is 4.85. The Morgan fingerprint density at radius 1 is 1.13 bits per heavy atom. The molecule has 0 bridgehead atoms. The molecular formula is C17H13BrN2O3. The fraction of sp³-hybridized carbons (Fsp3) is 0.0588. The van der Waals surface area contributed by atoms with Gasteiger partial charge in [-0.05, 0) is 17.7 Å². The molecule has 0 aliphatic rings. The lowest BCUT2D eigenvalue weighted by molar-refractivity contribution is 0.154. The van der Waals surface area contributed by atoms with Gasteiger partial charge in [0.15, 0.2) is 0 Å². The third-order valence-electron chi connectivity index (χ3n) is 3.09. The van der Waals surface area contributed by atoms with Gasteiger partial charge in [-0.25, -0.2) is 4.79 Å². The van der Waals surface area contributed by atoms with Gasteiger partial charge in [-0.1, -0.05) is 63.6 Å². The maximum absolute atomic E-state index is 11.7. The third kappa shape index (κ3) is 4.20. The van der Waals surface area contributed by atoms with E-state index in [2.05, 4.69) is 26.4 Å². The second-order valence-electron chi connectivity index (χ2n) is 4.77. The Hall–Kier alpha value is -2.60. The normalized spacial score (nSPS) is 10.3. The van der Waals surface area contributed by atoms with Gasteiger partial charge in [-0.15, -0.1) is 0 Å². The number of carbonyl (C=O) groups is 1. The van der Waals surface area contributed by atoms with E-state index in [-0.39, 0.29) is 12.5 Å². The topological polar surface area (TPSA) is 64.4 Å². The van der Waals surface area contributed by atoms with Crippen LogP contribution in [0.25, 0.3) is 11.3 Å². The second kappa shape index (κ2) is 7.11. The van der Waals surface area contributed by atoms with Crippen LogP contribution in [-0.2, 0) is 11.3 Å². The van der Waals surface area contributed by atoms with Crippen molar-refractivity contribution in [3.63, 3.8) is 0 Å². The molecule has 116 valence electrons. The molecule has 1 amide bonds. The third-order valence-corrected chi connectivity index (χ3v) is 3.62. The zero-order valence-electron chi connectivity index (χ0n) is 12.0. The first-order valence-electron chi connectivity index (χ1n) is 6.91. The van der Waals surface area contributed by atoms with Crippen molar-refractivity contribution in [1.29, 1.82) is 0 Å². The summed E-state index contributed by atoms with van der Waals surface area (Å²) in [6, 6.07) is 18.7. The summed E-state index contributed by atoms with van der Waals surface area (Å²) in [4.78, 5) is 11.7. The van der Waals surface area contributed by atoms with Crippen LogP contribution in [-0.4, -0.2) is 11.2 Å². The largest absolute Gasteiger partial charge is 0.444 e. The van der Waals surface area contributed by atoms with Gasteiger partial charge in [0, 0.05) is 16.1 Å². The number of aromatic nitrogens is 1. The molecule has 0 atom stereocenters. The fourth-order valence-electron chi connectivity index (χ4n) is 1.95. The molecule has 0 saturated carbocycles. The number of amides is 1. The van der Waals surface area contributed by atoms with E-state index in [0.717, 1.165) is 15.6 Å². The van der Waals surface area contributed by atoms with Crippen molar-refractivity contribution in [3.05, 3.63) is 70.7 Å². The molecule has 1 heterocycles. The van der Waals surface area contributed by atoms with Gasteiger partial charge < -0.3 is 9.26 Å². The maximum atomic E-state index is 11.7. The van der Waals surface area contributed by atoms with Crippen molar-refractivity contribution < 1.29 is 14.1 Å². The van der Waals surface area contributed by atoms with Gasteiger partial charge in [-0.2, -0.15) is 0 Å². The van der Waals surface area contributed by atoms with Crippen molar-refractivity contribution in [2.75, 3.05) is 5.32 Å². The van der Waals surface area contributed by atoms with E-state index >= 15 is 0 Å². The molecule has 0 fully saturated rings. The lowest BCUT2D eigenvalue weighted by Crippen LogP contribution is -2.12. The molecule has 2 aromatic carbocycles. The minimum absolute atomic E-state index is 0.195. The summed E-state index contributed by atoms with van der Waals surface area (Å²) in [6.07, 6.45) is -0.590. The summed E-state index contributed by atoms with van der Waals surface area (Å²) >= 11 is 3.38. The number of hydrogen-bond donors (Lipinski definition) is 1. The van der Waals surface area contributed by atoms with Crippen LogP contribution in [0.2, 0.25) is 0 Å². The van der Waals surface area contributed by atoms with Crippen molar-refractivity contribution in [2.45, 2.75) is 6.61 Å². The van der Waals surface area contributed by atoms with Crippen molar-refractivity contribution in [1.82, 2.24) is 5.16 Å². The van der Waals surface area contributed by atoms with Crippen LogP contribution in [0.1, 0.15) is 5.56 Å². The predicted molar refractivity (Wildman–Crippen MR) is 89.9 cm³/mol. The number of nitrogens with one attached hydrogen (secondary N) is 1. The molecule has 0 spiro atoms. The molecule has 0 unspecified atom stereocenters. The molecule has 0 aliphatic carbocycles. The van der Waals surface area contributed by atoms with Gasteiger partial charge >= 0.3 is 6.09 Å². The first kappa shape index (κ1) is 15.3. The first-order chi connectivity index (χ1) is 11.2. The Bertz CT molecular complexity index is 785. The van der Waals surface area contributed by atoms with Crippen LogP contribution < -0.4 is 5.32 Å². The monoisotopic (exact) mass is 372 g/mol. The van der Waals surface area contributed by atoms with Gasteiger partial charge in [0.1, 0.15) is 12.3 Å². The Kier molecular flexibility index (Phi) is 4.73. The molecule has 1 aromatic heterocycles. The van der Waals surface area contributed by atoms with E-state index in [1.807, 2.05) is 54.6 Å². The minimum Gasteiger partial charge on any atom is -0.444 e. The highest BCUT2D eigenvalue weighted by Crippen LogP contribution is 2.23. The number of ether oxygens (including phenoxy) is 1. The highest BCUT2D eigenvalue weighted by molar-refractivity contribution is 9.10. The van der Waals surface area contributed by atoms with Crippen LogP contribution in [0.4, 0.5) is 10.7 Å². The van der Waals surface area contributed by atoms with Gasteiger partial charge in [-0.3, -0.25) is 5.32 Å². The standard InChI is InChI=1S/C17H13BrN2O3/c18-14-8-6-13(7-9-14)15-10-16(23-20-15)19-17(21)22-11-12-4-2-1-3-5-12/h1-10H,11H2,(H,19,21). The first-order valence-corrected chi connectivity index (χ1v) is 7.70. The fourth-order valence-corrected chi connectivity index (χ4v) is 2.21. The van der Waals surface area contributed by atoms with E-state index < -0.39 is 6.09 Å². The molecule has 1 N–H and O–H groups in total. The van der Waals surface area contributed by atoms with Gasteiger partial charge in [0.25, 0.3) is 0 Å². The van der Waals surface area contributed by atoms with E-state index in [4.69, 9.17) is 9.26 Å². The molecule has 0 radical (unpaired) electrons. The van der Waals surface area contributed by atoms with Gasteiger partial charge in [0.2, 0.25) is 5.88 Å². The summed E-state index contributed by atoms with van der Waals surface area (Å²) in [6.45, 7) is 0.195. The van der Waals surface area contributed by atoms with E-state index in [1.165, 1.54) is 0 Å². The lowest BCUT2D eigenvalue weighted by atomic mass is 10.2. The second-order valence-corrected chi connectivity index (χ2v) is 5.69. The summed E-state index contributed by atoms with van der Waals surface area (Å²) in [5.41, 5.74) is 2.44. The number of hydrogen-bond acceptors (Lipinski definition) is 4. The summed E-state index contributed by atoms with van der Waals surface area (Å²) in [5, 5.41) is 6.44. The van der Waals surface area contributed by atoms with Crippen LogP contribution in [0.5, 0.6) is 0 Å². The molecule has 3 rings (SSSR count). The van der Waals surface area contributed by atoms with Crippen LogP contribution in [0, 0.1) is 0 Å². The highest BCUT2D eigenvalue weighted by atomic mass is 79.9. The molecule has 5 nitrogen and oxygen atoms in total. The number of benzene rings is 2. The van der Waals surface area contributed by atoms with E-state index in [0.29, 0.717) is 5.69 Å². The average molecular weight is 373 g/mol. The SMILES string of the molecule is O=C(Nc1cc(-c2ccc(Br)cc2)no1)OCc1ccccc1. The molecule has 6 heteroatoms. The van der Waals surface area contributed by atoms with Crippen molar-refractivity contribution >= 4 is 27.9 Å². The lowest BCUT2D eigenvalue weighted by Gasteiger charge is -2.04. The zero-order valence-corrected chi connectivity index (χ0v) is 13.6. The molecular weight excluding hydrogens is 360 g/mol. The Balaban J connectivity index is 1.58. The average Bonchev–Trinajstić information content (AvgIpc) is 3.03. The quantitative estimate of drug-likeness (QED) is 0.710. The smallest absolute Gasteiger partial charge is 0.414 e. The van der Waals surface area contributed by atoms with Crippen LogP contribution in [0.15, 0.2) is 69.7 Å². The molecule has 23 heavy (non-hydrogen) atoms. The van der Waals surface area contributed by atoms with Crippen LogP contribution >= 0.6 is 15.9 Å². The number of halogens is 1. The molecule has 0 aliphatic heterocycles. The number of anilines is 1. The number of rotatable bonds is 4. The van der Waals surface area contributed by atoms with Crippen molar-refractivity contribution in [2.24, 2.45) is 0 Å². The summed E-state index contributed by atoms with van der Waals surface area (Å²) < 4.78 is 11.2. The molecule has 0 saturated heterocycles. The highest BCUT2D eigenvalue weighted by Gasteiger charge is 2.10. The van der Waals surface area contributed by atoms with Crippen molar-refractivity contribution in [3.8, 4) is 11.3 Å². The maximum Gasteiger partial charge on any atom is 0.414 e.